The second-order valence-electron chi connectivity index (χ2n) is 5.04. The smallest absolute Gasteiger partial charge is 0.0411 e. The van der Waals surface area contributed by atoms with Crippen LogP contribution in [0, 0.1) is 5.92 Å². The van der Waals surface area contributed by atoms with Crippen LogP contribution in [0.1, 0.15) is 13.8 Å². The van der Waals surface area contributed by atoms with Gasteiger partial charge < -0.3 is 4.90 Å². The summed E-state index contributed by atoms with van der Waals surface area (Å²) in [6.07, 6.45) is 2.11. The largest absolute Gasteiger partial charge is 0.341 e. The molecule has 0 N–H and O–H groups in total. The number of para-hydroxylation sites is 1. The van der Waals surface area contributed by atoms with Gasteiger partial charge in [0.25, 0.3) is 0 Å². The van der Waals surface area contributed by atoms with Gasteiger partial charge in [0.15, 0.2) is 0 Å². The van der Waals surface area contributed by atoms with Gasteiger partial charge in [0.1, 0.15) is 0 Å². The molecular weight excluding hydrogens is 250 g/mol. The molecule has 19 heavy (non-hydrogen) atoms. The van der Waals surface area contributed by atoms with Crippen LogP contribution >= 0.6 is 11.8 Å². The predicted octanol–water partition coefficient (Wildman–Crippen LogP) is 5.20. The molecule has 2 aromatic carbocycles. The first-order valence-electron chi connectivity index (χ1n) is 6.67. The van der Waals surface area contributed by atoms with Gasteiger partial charge in [0.2, 0.25) is 0 Å². The third kappa shape index (κ3) is 3.77. The van der Waals surface area contributed by atoms with Crippen LogP contribution in [0.4, 0.5) is 11.4 Å². The van der Waals surface area contributed by atoms with Crippen molar-refractivity contribution >= 4 is 23.1 Å². The standard InChI is InChI=1S/C17H21NS/c1-14(2)13-18(15-7-5-4-6-8-15)16-9-11-17(19-3)12-10-16/h4-12,14H,13H2,1-3H3. The summed E-state index contributed by atoms with van der Waals surface area (Å²) in [4.78, 5) is 3.69. The van der Waals surface area contributed by atoms with E-state index in [1.165, 1.54) is 16.3 Å². The van der Waals surface area contributed by atoms with E-state index in [1.807, 2.05) is 0 Å². The van der Waals surface area contributed by atoms with Crippen LogP contribution in [0.3, 0.4) is 0 Å². The molecule has 2 heteroatoms. The zero-order valence-corrected chi connectivity index (χ0v) is 12.7. The van der Waals surface area contributed by atoms with Crippen molar-refractivity contribution in [2.75, 3.05) is 17.7 Å². The Balaban J connectivity index is 2.31. The summed E-state index contributed by atoms with van der Waals surface area (Å²) in [7, 11) is 0. The van der Waals surface area contributed by atoms with Gasteiger partial charge in [-0.1, -0.05) is 32.0 Å². The van der Waals surface area contributed by atoms with Crippen molar-refractivity contribution in [2.24, 2.45) is 5.92 Å². The van der Waals surface area contributed by atoms with Gasteiger partial charge in [-0.15, -0.1) is 11.8 Å². The Hall–Kier alpha value is -1.41. The van der Waals surface area contributed by atoms with Gasteiger partial charge in [-0.05, 0) is 48.6 Å². The van der Waals surface area contributed by atoms with E-state index in [-0.39, 0.29) is 0 Å². The zero-order valence-electron chi connectivity index (χ0n) is 11.8. The minimum atomic E-state index is 0.625. The lowest BCUT2D eigenvalue weighted by Crippen LogP contribution is -2.22. The van der Waals surface area contributed by atoms with E-state index in [9.17, 15) is 0 Å². The lowest BCUT2D eigenvalue weighted by molar-refractivity contribution is 0.651. The first-order chi connectivity index (χ1) is 9.20. The van der Waals surface area contributed by atoms with Crippen LogP contribution < -0.4 is 4.90 Å². The molecular formula is C17H21NS. The lowest BCUT2D eigenvalue weighted by Gasteiger charge is -2.27. The van der Waals surface area contributed by atoms with Crippen molar-refractivity contribution in [1.82, 2.24) is 0 Å². The number of benzene rings is 2. The highest BCUT2D eigenvalue weighted by atomic mass is 32.2. The van der Waals surface area contributed by atoms with E-state index in [0.717, 1.165) is 6.54 Å². The minimum absolute atomic E-state index is 0.625. The summed E-state index contributed by atoms with van der Waals surface area (Å²) in [5, 5.41) is 0. The van der Waals surface area contributed by atoms with Crippen LogP contribution in [-0.2, 0) is 0 Å². The van der Waals surface area contributed by atoms with E-state index < -0.39 is 0 Å². The fourth-order valence-electron chi connectivity index (χ4n) is 2.10. The average molecular weight is 271 g/mol. The molecule has 100 valence electrons. The van der Waals surface area contributed by atoms with Gasteiger partial charge in [-0.25, -0.2) is 0 Å². The average Bonchev–Trinajstić information content (AvgIpc) is 2.46. The molecule has 0 saturated heterocycles. The maximum atomic E-state index is 2.38. The van der Waals surface area contributed by atoms with Crippen LogP contribution in [0.2, 0.25) is 0 Å². The predicted molar refractivity (Wildman–Crippen MR) is 86.5 cm³/mol. The number of hydrogen-bond donors (Lipinski definition) is 0. The zero-order chi connectivity index (χ0) is 13.7. The third-order valence-electron chi connectivity index (χ3n) is 3.00. The van der Waals surface area contributed by atoms with Gasteiger partial charge in [0, 0.05) is 22.8 Å². The number of rotatable bonds is 5. The van der Waals surface area contributed by atoms with E-state index in [0.29, 0.717) is 5.92 Å². The molecule has 0 aliphatic heterocycles. The summed E-state index contributed by atoms with van der Waals surface area (Å²) in [5.41, 5.74) is 2.52. The quantitative estimate of drug-likeness (QED) is 0.687. The van der Waals surface area contributed by atoms with Crippen molar-refractivity contribution in [3.05, 3.63) is 54.6 Å². The molecule has 0 radical (unpaired) electrons. The molecule has 0 bridgehead atoms. The highest BCUT2D eigenvalue weighted by Crippen LogP contribution is 2.28. The van der Waals surface area contributed by atoms with Crippen molar-refractivity contribution in [1.29, 1.82) is 0 Å². The Bertz CT molecular complexity index is 490. The summed E-state index contributed by atoms with van der Waals surface area (Å²) in [6.45, 7) is 5.54. The SMILES string of the molecule is CSc1ccc(N(CC(C)C)c2ccccc2)cc1. The van der Waals surface area contributed by atoms with Crippen LogP contribution in [0.5, 0.6) is 0 Å². The highest BCUT2D eigenvalue weighted by molar-refractivity contribution is 7.98. The van der Waals surface area contributed by atoms with Crippen LogP contribution in [0.25, 0.3) is 0 Å². The molecule has 0 saturated carbocycles. The maximum absolute atomic E-state index is 2.38. The molecule has 1 nitrogen and oxygen atoms in total. The fourth-order valence-corrected chi connectivity index (χ4v) is 2.50. The first-order valence-corrected chi connectivity index (χ1v) is 7.90. The Morgan fingerprint density at radius 2 is 1.47 bits per heavy atom. The lowest BCUT2D eigenvalue weighted by atomic mass is 10.1. The number of anilines is 2. The summed E-state index contributed by atoms with van der Waals surface area (Å²) < 4.78 is 0. The molecule has 0 spiro atoms. The second-order valence-corrected chi connectivity index (χ2v) is 5.92. The second kappa shape index (κ2) is 6.67. The first kappa shape index (κ1) is 14.0. The van der Waals surface area contributed by atoms with E-state index >= 15 is 0 Å². The number of hydrogen-bond acceptors (Lipinski definition) is 2. The molecule has 2 aromatic rings. The van der Waals surface area contributed by atoms with Crippen LogP contribution in [0.15, 0.2) is 59.5 Å². The molecule has 0 aromatic heterocycles. The molecule has 0 aliphatic rings. The summed E-state index contributed by atoms with van der Waals surface area (Å²) >= 11 is 1.78. The van der Waals surface area contributed by atoms with Gasteiger partial charge in [0.05, 0.1) is 0 Å². The van der Waals surface area contributed by atoms with Crippen molar-refractivity contribution < 1.29 is 0 Å². The van der Waals surface area contributed by atoms with Gasteiger partial charge in [-0.2, -0.15) is 0 Å². The number of thioether (sulfide) groups is 1. The van der Waals surface area contributed by atoms with E-state index in [1.54, 1.807) is 11.8 Å². The molecule has 0 unspecified atom stereocenters. The topological polar surface area (TPSA) is 3.24 Å². The molecule has 0 atom stereocenters. The highest BCUT2D eigenvalue weighted by Gasteiger charge is 2.10. The Morgan fingerprint density at radius 1 is 0.895 bits per heavy atom. The van der Waals surface area contributed by atoms with Crippen molar-refractivity contribution in [2.45, 2.75) is 18.7 Å². The molecule has 0 heterocycles. The Kier molecular flexibility index (Phi) is 4.92. The van der Waals surface area contributed by atoms with Gasteiger partial charge in [-0.3, -0.25) is 0 Å². The molecule has 0 amide bonds. The van der Waals surface area contributed by atoms with Gasteiger partial charge >= 0.3 is 0 Å². The summed E-state index contributed by atoms with van der Waals surface area (Å²) in [5.74, 6) is 0.625. The fraction of sp³-hybridized carbons (Fsp3) is 0.294. The molecule has 2 rings (SSSR count). The summed E-state index contributed by atoms with van der Waals surface area (Å²) in [6, 6.07) is 19.4. The Labute approximate surface area is 120 Å². The van der Waals surface area contributed by atoms with Crippen molar-refractivity contribution in [3.8, 4) is 0 Å². The van der Waals surface area contributed by atoms with E-state index in [4.69, 9.17) is 0 Å². The van der Waals surface area contributed by atoms with Crippen molar-refractivity contribution in [3.63, 3.8) is 0 Å². The maximum Gasteiger partial charge on any atom is 0.0411 e. The monoisotopic (exact) mass is 271 g/mol. The third-order valence-corrected chi connectivity index (χ3v) is 3.74. The molecule has 0 aliphatic carbocycles. The number of nitrogens with zero attached hydrogens (tertiary/aromatic N) is 1. The van der Waals surface area contributed by atoms with Crippen LogP contribution in [-0.4, -0.2) is 12.8 Å². The Morgan fingerprint density at radius 3 is 2.00 bits per heavy atom. The van der Waals surface area contributed by atoms with E-state index in [2.05, 4.69) is 79.6 Å². The normalized spacial score (nSPS) is 10.7. The molecule has 0 fully saturated rings. The minimum Gasteiger partial charge on any atom is -0.341 e.